The second-order valence-corrected chi connectivity index (χ2v) is 7.06. The first-order chi connectivity index (χ1) is 9.50. The molecule has 0 spiro atoms. The lowest BCUT2D eigenvalue weighted by molar-refractivity contribution is 0.130. The average Bonchev–Trinajstić information content (AvgIpc) is 2.44. The quantitative estimate of drug-likeness (QED) is 0.891. The van der Waals surface area contributed by atoms with Crippen LogP contribution in [0.4, 0.5) is 0 Å². The number of nitrogens with one attached hydrogen (secondary N) is 1. The van der Waals surface area contributed by atoms with Crippen molar-refractivity contribution < 1.29 is 0 Å². The minimum Gasteiger partial charge on any atom is -0.310 e. The van der Waals surface area contributed by atoms with E-state index in [4.69, 9.17) is 5.26 Å². The predicted molar refractivity (Wildman–Crippen MR) is 83.2 cm³/mol. The molecule has 1 N–H and O–H groups in total. The Kier molecular flexibility index (Phi) is 4.83. The van der Waals surface area contributed by atoms with Crippen molar-refractivity contribution >= 4 is 0 Å². The van der Waals surface area contributed by atoms with E-state index >= 15 is 0 Å². The van der Waals surface area contributed by atoms with Crippen LogP contribution in [0.5, 0.6) is 0 Å². The SMILES string of the molecule is CC(C)(C)[C@H]1CCCC[C@H]1NCc1cccc(C#N)c1. The van der Waals surface area contributed by atoms with Crippen LogP contribution in [0.15, 0.2) is 24.3 Å². The largest absolute Gasteiger partial charge is 0.310 e. The molecule has 108 valence electrons. The lowest BCUT2D eigenvalue weighted by Gasteiger charge is -2.41. The van der Waals surface area contributed by atoms with E-state index in [1.165, 1.54) is 31.2 Å². The fourth-order valence-electron chi connectivity index (χ4n) is 3.41. The van der Waals surface area contributed by atoms with E-state index in [9.17, 15) is 0 Å². The number of benzene rings is 1. The maximum absolute atomic E-state index is 8.96. The van der Waals surface area contributed by atoms with Gasteiger partial charge in [0.15, 0.2) is 0 Å². The summed E-state index contributed by atoms with van der Waals surface area (Å²) >= 11 is 0. The first-order valence-electron chi connectivity index (χ1n) is 7.73. The number of nitriles is 1. The van der Waals surface area contributed by atoms with Gasteiger partial charge in [0, 0.05) is 12.6 Å². The molecule has 2 nitrogen and oxygen atoms in total. The van der Waals surface area contributed by atoms with E-state index < -0.39 is 0 Å². The van der Waals surface area contributed by atoms with Crippen molar-refractivity contribution in [1.82, 2.24) is 5.32 Å². The number of hydrogen-bond acceptors (Lipinski definition) is 2. The summed E-state index contributed by atoms with van der Waals surface area (Å²) in [6, 6.07) is 10.7. The highest BCUT2D eigenvalue weighted by atomic mass is 14.9. The maximum atomic E-state index is 8.96. The van der Waals surface area contributed by atoms with Crippen LogP contribution in [0, 0.1) is 22.7 Å². The summed E-state index contributed by atoms with van der Waals surface area (Å²) in [7, 11) is 0. The molecule has 1 fully saturated rings. The average molecular weight is 270 g/mol. The minimum absolute atomic E-state index is 0.368. The van der Waals surface area contributed by atoms with E-state index in [0.717, 1.165) is 18.0 Å². The molecule has 1 aromatic rings. The Balaban J connectivity index is 1.99. The molecule has 0 unspecified atom stereocenters. The zero-order valence-electron chi connectivity index (χ0n) is 12.9. The summed E-state index contributed by atoms with van der Waals surface area (Å²) in [5, 5.41) is 12.7. The van der Waals surface area contributed by atoms with Crippen molar-refractivity contribution in [2.24, 2.45) is 11.3 Å². The van der Waals surface area contributed by atoms with Crippen LogP contribution in [0.3, 0.4) is 0 Å². The normalized spacial score (nSPS) is 23.3. The van der Waals surface area contributed by atoms with Gasteiger partial charge in [-0.15, -0.1) is 0 Å². The molecule has 0 heterocycles. The van der Waals surface area contributed by atoms with Gasteiger partial charge in [0.05, 0.1) is 11.6 Å². The second-order valence-electron chi connectivity index (χ2n) is 7.06. The van der Waals surface area contributed by atoms with Gasteiger partial charge in [-0.1, -0.05) is 45.7 Å². The highest BCUT2D eigenvalue weighted by Gasteiger charge is 2.33. The summed E-state index contributed by atoms with van der Waals surface area (Å²) in [5.74, 6) is 0.746. The van der Waals surface area contributed by atoms with Gasteiger partial charge in [0.2, 0.25) is 0 Å². The summed E-state index contributed by atoms with van der Waals surface area (Å²) in [6.45, 7) is 7.93. The zero-order chi connectivity index (χ0) is 14.6. The molecule has 1 aliphatic carbocycles. The van der Waals surface area contributed by atoms with Gasteiger partial charge in [-0.05, 0) is 41.9 Å². The van der Waals surface area contributed by atoms with Gasteiger partial charge in [-0.25, -0.2) is 0 Å². The molecule has 0 aromatic heterocycles. The third-order valence-electron chi connectivity index (χ3n) is 4.50. The van der Waals surface area contributed by atoms with Crippen LogP contribution >= 0.6 is 0 Å². The molecule has 1 saturated carbocycles. The standard InChI is InChI=1S/C18H26N2/c1-18(2,3)16-9-4-5-10-17(16)20-13-15-8-6-7-14(11-15)12-19/h6-8,11,16-17,20H,4-5,9-10,13H2,1-3H3/t16-,17+/m0/s1. The lowest BCUT2D eigenvalue weighted by Crippen LogP contribution is -2.43. The highest BCUT2D eigenvalue weighted by Crippen LogP contribution is 2.38. The highest BCUT2D eigenvalue weighted by molar-refractivity contribution is 5.32. The Bertz CT molecular complexity index is 479. The fourth-order valence-corrected chi connectivity index (χ4v) is 3.41. The van der Waals surface area contributed by atoms with E-state index in [0.29, 0.717) is 11.5 Å². The molecule has 2 atom stereocenters. The third-order valence-corrected chi connectivity index (χ3v) is 4.50. The van der Waals surface area contributed by atoms with Crippen molar-refractivity contribution in [1.29, 1.82) is 5.26 Å². The van der Waals surface area contributed by atoms with Crippen LogP contribution in [-0.2, 0) is 6.54 Å². The Morgan fingerprint density at radius 1 is 1.25 bits per heavy atom. The van der Waals surface area contributed by atoms with Crippen LogP contribution in [0.1, 0.15) is 57.6 Å². The lowest BCUT2D eigenvalue weighted by atomic mass is 9.69. The van der Waals surface area contributed by atoms with Gasteiger partial charge in [0.1, 0.15) is 0 Å². The van der Waals surface area contributed by atoms with Crippen LogP contribution < -0.4 is 5.32 Å². The van der Waals surface area contributed by atoms with Gasteiger partial charge >= 0.3 is 0 Å². The molecule has 0 radical (unpaired) electrons. The van der Waals surface area contributed by atoms with Gasteiger partial charge < -0.3 is 5.32 Å². The fraction of sp³-hybridized carbons (Fsp3) is 0.611. The number of hydrogen-bond donors (Lipinski definition) is 1. The third kappa shape index (κ3) is 3.84. The van der Waals surface area contributed by atoms with Gasteiger partial charge in [0.25, 0.3) is 0 Å². The molecular weight excluding hydrogens is 244 g/mol. The summed E-state index contributed by atoms with van der Waals surface area (Å²) in [4.78, 5) is 0. The Morgan fingerprint density at radius 3 is 2.70 bits per heavy atom. The Hall–Kier alpha value is -1.33. The summed E-state index contributed by atoms with van der Waals surface area (Å²) < 4.78 is 0. The Morgan fingerprint density at radius 2 is 2.00 bits per heavy atom. The summed E-state index contributed by atoms with van der Waals surface area (Å²) in [5.41, 5.74) is 2.33. The molecule has 1 aromatic carbocycles. The van der Waals surface area contributed by atoms with Crippen molar-refractivity contribution in [2.45, 2.75) is 59.0 Å². The van der Waals surface area contributed by atoms with E-state index in [2.05, 4.69) is 38.2 Å². The molecule has 0 aliphatic heterocycles. The van der Waals surface area contributed by atoms with Gasteiger partial charge in [-0.2, -0.15) is 5.26 Å². The van der Waals surface area contributed by atoms with E-state index in [1.807, 2.05) is 18.2 Å². The van der Waals surface area contributed by atoms with E-state index in [-0.39, 0.29) is 0 Å². The molecule has 20 heavy (non-hydrogen) atoms. The molecule has 1 aliphatic rings. The first-order valence-corrected chi connectivity index (χ1v) is 7.73. The number of rotatable bonds is 3. The molecule has 0 amide bonds. The first kappa shape index (κ1) is 15.1. The maximum Gasteiger partial charge on any atom is 0.0991 e. The monoisotopic (exact) mass is 270 g/mol. The van der Waals surface area contributed by atoms with Gasteiger partial charge in [-0.3, -0.25) is 0 Å². The molecule has 2 rings (SSSR count). The number of nitrogens with zero attached hydrogens (tertiary/aromatic N) is 1. The van der Waals surface area contributed by atoms with Crippen LogP contribution in [0.25, 0.3) is 0 Å². The predicted octanol–water partition coefficient (Wildman–Crippen LogP) is 4.25. The topological polar surface area (TPSA) is 35.8 Å². The zero-order valence-corrected chi connectivity index (χ0v) is 12.9. The van der Waals surface area contributed by atoms with E-state index in [1.54, 1.807) is 0 Å². The molecule has 2 heteroatoms. The smallest absolute Gasteiger partial charge is 0.0991 e. The van der Waals surface area contributed by atoms with Crippen molar-refractivity contribution in [3.8, 4) is 6.07 Å². The summed E-state index contributed by atoms with van der Waals surface area (Å²) in [6.07, 6.45) is 5.31. The van der Waals surface area contributed by atoms with Crippen LogP contribution in [-0.4, -0.2) is 6.04 Å². The molecule has 0 bridgehead atoms. The minimum atomic E-state index is 0.368. The van der Waals surface area contributed by atoms with Crippen molar-refractivity contribution in [3.63, 3.8) is 0 Å². The second kappa shape index (κ2) is 6.41. The Labute approximate surface area is 123 Å². The molecular formula is C18H26N2. The molecule has 0 saturated heterocycles. The van der Waals surface area contributed by atoms with Crippen LogP contribution in [0.2, 0.25) is 0 Å². The van der Waals surface area contributed by atoms with Crippen molar-refractivity contribution in [3.05, 3.63) is 35.4 Å². The van der Waals surface area contributed by atoms with Crippen molar-refractivity contribution in [2.75, 3.05) is 0 Å².